The maximum absolute atomic E-state index is 12.6. The monoisotopic (exact) mass is 488 g/mol. The highest BCUT2D eigenvalue weighted by Crippen LogP contribution is 2.33. The number of ether oxygens (including phenoxy) is 2. The molecule has 176 valence electrons. The summed E-state index contributed by atoms with van der Waals surface area (Å²) in [6.07, 6.45) is 0. The van der Waals surface area contributed by atoms with Crippen molar-refractivity contribution < 1.29 is 19.1 Å². The van der Waals surface area contributed by atoms with Gasteiger partial charge in [0.15, 0.2) is 11.0 Å². The average molecular weight is 489 g/mol. The van der Waals surface area contributed by atoms with Gasteiger partial charge in [0.25, 0.3) is 0 Å². The molecular weight excluding hydrogens is 460 g/mol. The lowest BCUT2D eigenvalue weighted by molar-refractivity contribution is -0.113. The van der Waals surface area contributed by atoms with Crippen molar-refractivity contribution in [2.24, 2.45) is 0 Å². The summed E-state index contributed by atoms with van der Waals surface area (Å²) in [5, 5.41) is 12.5. The summed E-state index contributed by atoms with van der Waals surface area (Å²) in [5.74, 6) is 0.935. The Labute approximate surface area is 201 Å². The van der Waals surface area contributed by atoms with E-state index in [9.17, 15) is 9.59 Å². The number of amides is 1. The molecule has 1 N–H and O–H groups in total. The van der Waals surface area contributed by atoms with Gasteiger partial charge in [0.2, 0.25) is 5.91 Å². The first-order chi connectivity index (χ1) is 15.8. The molecule has 0 spiro atoms. The van der Waals surface area contributed by atoms with Gasteiger partial charge in [-0.2, -0.15) is 0 Å². The van der Waals surface area contributed by atoms with E-state index in [1.54, 1.807) is 6.92 Å². The SMILES string of the molecule is CCOC(=O)c1c(NC(=O)CSc2nnc(COc3ccc(C)cc3)n2CC)sc(C)c1C. The average Bonchev–Trinajstić information content (AvgIpc) is 3.31. The van der Waals surface area contributed by atoms with E-state index in [4.69, 9.17) is 9.47 Å². The molecule has 0 bridgehead atoms. The molecular formula is C23H28N4O4S2. The standard InChI is InChI=1S/C23H28N4O4S2/c1-6-27-18(12-31-17-10-8-14(3)9-11-17)25-26-23(27)32-13-19(28)24-21-20(22(29)30-7-2)15(4)16(5)33-21/h8-11H,6-7,12-13H2,1-5H3,(H,24,28). The minimum atomic E-state index is -0.425. The van der Waals surface area contributed by atoms with Gasteiger partial charge >= 0.3 is 5.97 Å². The minimum absolute atomic E-state index is 0.134. The summed E-state index contributed by atoms with van der Waals surface area (Å²) in [4.78, 5) is 25.9. The van der Waals surface area contributed by atoms with E-state index in [0.29, 0.717) is 28.1 Å². The zero-order valence-electron chi connectivity index (χ0n) is 19.4. The summed E-state index contributed by atoms with van der Waals surface area (Å²) in [6.45, 7) is 10.8. The number of thiophene rings is 1. The zero-order chi connectivity index (χ0) is 24.0. The summed E-state index contributed by atoms with van der Waals surface area (Å²) in [6, 6.07) is 7.81. The molecule has 3 rings (SSSR count). The predicted octanol–water partition coefficient (Wildman–Crippen LogP) is 4.77. The number of hydrogen-bond donors (Lipinski definition) is 1. The van der Waals surface area contributed by atoms with Crippen LogP contribution in [0.2, 0.25) is 0 Å². The van der Waals surface area contributed by atoms with Crippen LogP contribution < -0.4 is 10.1 Å². The molecule has 0 aliphatic rings. The van der Waals surface area contributed by atoms with Crippen LogP contribution in [0.5, 0.6) is 5.75 Å². The Bertz CT molecular complexity index is 1120. The van der Waals surface area contributed by atoms with E-state index >= 15 is 0 Å². The van der Waals surface area contributed by atoms with Gasteiger partial charge in [-0.05, 0) is 52.3 Å². The highest BCUT2D eigenvalue weighted by molar-refractivity contribution is 7.99. The molecule has 8 nitrogen and oxygen atoms in total. The number of esters is 1. The van der Waals surface area contributed by atoms with Crippen molar-refractivity contribution in [2.75, 3.05) is 17.7 Å². The molecule has 2 heterocycles. The largest absolute Gasteiger partial charge is 0.486 e. The molecule has 0 fully saturated rings. The highest BCUT2D eigenvalue weighted by Gasteiger charge is 2.22. The number of thioether (sulfide) groups is 1. The van der Waals surface area contributed by atoms with Gasteiger partial charge in [-0.15, -0.1) is 21.5 Å². The van der Waals surface area contributed by atoms with Gasteiger partial charge in [0.05, 0.1) is 17.9 Å². The Morgan fingerprint density at radius 1 is 1.12 bits per heavy atom. The predicted molar refractivity (Wildman–Crippen MR) is 130 cm³/mol. The number of benzene rings is 1. The zero-order valence-corrected chi connectivity index (χ0v) is 21.1. The highest BCUT2D eigenvalue weighted by atomic mass is 32.2. The van der Waals surface area contributed by atoms with Gasteiger partial charge in [0, 0.05) is 11.4 Å². The number of aromatic nitrogens is 3. The topological polar surface area (TPSA) is 95.3 Å². The van der Waals surface area contributed by atoms with Gasteiger partial charge in [0.1, 0.15) is 17.4 Å². The number of rotatable bonds is 10. The number of aryl methyl sites for hydroxylation is 2. The molecule has 0 atom stereocenters. The van der Waals surface area contributed by atoms with Crippen LogP contribution in [0.25, 0.3) is 0 Å². The van der Waals surface area contributed by atoms with Crippen LogP contribution in [0.4, 0.5) is 5.00 Å². The lowest BCUT2D eigenvalue weighted by Crippen LogP contribution is -2.17. The van der Waals surface area contributed by atoms with E-state index in [0.717, 1.165) is 16.2 Å². The first-order valence-corrected chi connectivity index (χ1v) is 12.5. The summed E-state index contributed by atoms with van der Waals surface area (Å²) in [5.41, 5.74) is 2.41. The van der Waals surface area contributed by atoms with Gasteiger partial charge < -0.3 is 19.4 Å². The molecule has 2 aromatic heterocycles. The van der Waals surface area contributed by atoms with Crippen LogP contribution in [0.3, 0.4) is 0 Å². The van der Waals surface area contributed by atoms with Gasteiger partial charge in [-0.1, -0.05) is 29.5 Å². The normalized spacial score (nSPS) is 10.8. The van der Waals surface area contributed by atoms with Gasteiger partial charge in [-0.25, -0.2) is 4.79 Å². The Hall–Kier alpha value is -2.85. The number of nitrogens with one attached hydrogen (secondary N) is 1. The molecule has 0 radical (unpaired) electrons. The van der Waals surface area contributed by atoms with Crippen LogP contribution in [0.15, 0.2) is 29.4 Å². The van der Waals surface area contributed by atoms with E-state index < -0.39 is 5.97 Å². The Morgan fingerprint density at radius 2 is 1.85 bits per heavy atom. The summed E-state index contributed by atoms with van der Waals surface area (Å²) >= 11 is 2.66. The van der Waals surface area contributed by atoms with E-state index in [-0.39, 0.29) is 24.9 Å². The van der Waals surface area contributed by atoms with Crippen molar-refractivity contribution in [3.63, 3.8) is 0 Å². The molecule has 0 aliphatic carbocycles. The lowest BCUT2D eigenvalue weighted by Gasteiger charge is -2.09. The second-order valence-corrected chi connectivity index (χ2v) is 9.46. The third kappa shape index (κ3) is 6.14. The molecule has 1 aromatic carbocycles. The fraction of sp³-hybridized carbons (Fsp3) is 0.391. The number of hydrogen-bond acceptors (Lipinski definition) is 8. The van der Waals surface area contributed by atoms with Crippen LogP contribution in [-0.2, 0) is 22.7 Å². The van der Waals surface area contributed by atoms with Crippen molar-refractivity contribution in [1.82, 2.24) is 14.8 Å². The van der Waals surface area contributed by atoms with Crippen molar-refractivity contribution in [3.8, 4) is 5.75 Å². The smallest absolute Gasteiger partial charge is 0.341 e. The fourth-order valence-corrected chi connectivity index (χ4v) is 4.98. The maximum Gasteiger partial charge on any atom is 0.341 e. The molecule has 0 saturated carbocycles. The van der Waals surface area contributed by atoms with Gasteiger partial charge in [-0.3, -0.25) is 4.79 Å². The Balaban J connectivity index is 1.62. The number of nitrogens with zero attached hydrogens (tertiary/aromatic N) is 3. The Morgan fingerprint density at radius 3 is 2.52 bits per heavy atom. The maximum atomic E-state index is 12.6. The molecule has 1 amide bonds. The van der Waals surface area contributed by atoms with Crippen LogP contribution in [0.1, 0.15) is 46.0 Å². The molecule has 10 heteroatoms. The third-order valence-corrected chi connectivity index (χ3v) is 7.04. The first-order valence-electron chi connectivity index (χ1n) is 10.6. The molecule has 33 heavy (non-hydrogen) atoms. The van der Waals surface area contributed by atoms with Crippen molar-refractivity contribution in [3.05, 3.63) is 51.7 Å². The number of carbonyl (C=O) groups excluding carboxylic acids is 2. The number of carbonyl (C=O) groups is 2. The van der Waals surface area contributed by atoms with Crippen LogP contribution in [0, 0.1) is 20.8 Å². The number of anilines is 1. The summed E-state index contributed by atoms with van der Waals surface area (Å²) < 4.78 is 12.9. The van der Waals surface area contributed by atoms with E-state index in [1.807, 2.05) is 56.5 Å². The van der Waals surface area contributed by atoms with Crippen molar-refractivity contribution in [2.45, 2.75) is 52.9 Å². The third-order valence-electron chi connectivity index (χ3n) is 4.95. The molecule has 0 aliphatic heterocycles. The van der Waals surface area contributed by atoms with E-state index in [2.05, 4.69) is 15.5 Å². The molecule has 3 aromatic rings. The van der Waals surface area contributed by atoms with Crippen molar-refractivity contribution in [1.29, 1.82) is 0 Å². The summed E-state index contributed by atoms with van der Waals surface area (Å²) in [7, 11) is 0. The first kappa shape index (κ1) is 24.8. The molecule has 0 unspecified atom stereocenters. The molecule has 0 saturated heterocycles. The van der Waals surface area contributed by atoms with Crippen LogP contribution >= 0.6 is 23.1 Å². The van der Waals surface area contributed by atoms with Crippen molar-refractivity contribution >= 4 is 40.0 Å². The second kappa shape index (κ2) is 11.3. The Kier molecular flexibility index (Phi) is 8.51. The quantitative estimate of drug-likeness (QED) is 0.324. The fourth-order valence-electron chi connectivity index (χ4n) is 3.09. The lowest BCUT2D eigenvalue weighted by atomic mass is 10.1. The second-order valence-electron chi connectivity index (χ2n) is 7.29. The minimum Gasteiger partial charge on any atom is -0.486 e. The van der Waals surface area contributed by atoms with E-state index in [1.165, 1.54) is 28.7 Å². The van der Waals surface area contributed by atoms with Crippen LogP contribution in [-0.4, -0.2) is 39.0 Å².